The van der Waals surface area contributed by atoms with Crippen molar-refractivity contribution in [3.63, 3.8) is 0 Å². The van der Waals surface area contributed by atoms with Gasteiger partial charge in [0.25, 0.3) is 5.91 Å². The highest BCUT2D eigenvalue weighted by Gasteiger charge is 2.25. The van der Waals surface area contributed by atoms with Crippen molar-refractivity contribution < 1.29 is 14.3 Å². The molecule has 0 bridgehead atoms. The first-order chi connectivity index (χ1) is 12.2. The molecule has 1 saturated heterocycles. The molecule has 1 N–H and O–H groups in total. The number of ether oxygens (including phenoxy) is 1. The summed E-state index contributed by atoms with van der Waals surface area (Å²) in [7, 11) is 0. The van der Waals surface area contributed by atoms with Gasteiger partial charge < -0.3 is 15.0 Å². The van der Waals surface area contributed by atoms with Crippen molar-refractivity contribution in [1.29, 1.82) is 0 Å². The quantitative estimate of drug-likeness (QED) is 0.760. The number of aromatic nitrogens is 2. The third-order valence-corrected chi connectivity index (χ3v) is 6.09. The number of carbonyl (C=O) groups is 2. The van der Waals surface area contributed by atoms with Gasteiger partial charge in [0.2, 0.25) is 0 Å². The second-order valence-corrected chi connectivity index (χ2v) is 7.81. The molecule has 3 aromatic rings. The predicted octanol–water partition coefficient (Wildman–Crippen LogP) is 2.96. The van der Waals surface area contributed by atoms with Gasteiger partial charge in [-0.15, -0.1) is 22.7 Å². The SMILES string of the molecule is CCOC(=O)N1CCC(NC(=O)c2cc3c(nc4sccn43)s2)CC1. The molecule has 0 aromatic carbocycles. The molecule has 1 fully saturated rings. The number of thiophene rings is 1. The molecule has 3 aromatic heterocycles. The number of thiazole rings is 1. The zero-order valence-corrected chi connectivity index (χ0v) is 15.4. The minimum atomic E-state index is -0.271. The van der Waals surface area contributed by atoms with Crippen LogP contribution in [0, 0.1) is 0 Å². The van der Waals surface area contributed by atoms with Crippen molar-refractivity contribution in [2.24, 2.45) is 0 Å². The zero-order valence-electron chi connectivity index (χ0n) is 13.7. The van der Waals surface area contributed by atoms with Crippen LogP contribution in [-0.2, 0) is 4.74 Å². The maximum atomic E-state index is 12.5. The van der Waals surface area contributed by atoms with Crippen LogP contribution < -0.4 is 5.32 Å². The van der Waals surface area contributed by atoms with Crippen molar-refractivity contribution in [3.05, 3.63) is 22.5 Å². The van der Waals surface area contributed by atoms with E-state index in [4.69, 9.17) is 4.74 Å². The van der Waals surface area contributed by atoms with E-state index < -0.39 is 0 Å². The Morgan fingerprint density at radius 3 is 2.96 bits per heavy atom. The summed E-state index contributed by atoms with van der Waals surface area (Å²) in [6.45, 7) is 3.39. The second-order valence-electron chi connectivity index (χ2n) is 5.90. The number of hydrogen-bond donors (Lipinski definition) is 1. The molecule has 2 amide bonds. The van der Waals surface area contributed by atoms with Crippen LogP contribution in [0.15, 0.2) is 17.6 Å². The second kappa shape index (κ2) is 6.64. The highest BCUT2D eigenvalue weighted by molar-refractivity contribution is 7.21. The Kier molecular flexibility index (Phi) is 4.34. The average molecular weight is 378 g/mol. The number of nitrogens with one attached hydrogen (secondary N) is 1. The van der Waals surface area contributed by atoms with Crippen molar-refractivity contribution in [2.75, 3.05) is 19.7 Å². The van der Waals surface area contributed by atoms with E-state index in [0.717, 1.165) is 28.1 Å². The lowest BCUT2D eigenvalue weighted by molar-refractivity contribution is 0.0863. The van der Waals surface area contributed by atoms with Crippen LogP contribution >= 0.6 is 22.7 Å². The molecule has 0 saturated carbocycles. The number of likely N-dealkylation sites (tertiary alicyclic amines) is 1. The molecule has 4 rings (SSSR count). The lowest BCUT2D eigenvalue weighted by atomic mass is 10.1. The van der Waals surface area contributed by atoms with E-state index in [1.807, 2.05) is 22.0 Å². The van der Waals surface area contributed by atoms with E-state index in [2.05, 4.69) is 10.3 Å². The van der Waals surface area contributed by atoms with Crippen molar-refractivity contribution >= 4 is 50.0 Å². The van der Waals surface area contributed by atoms with Crippen LogP contribution in [-0.4, -0.2) is 52.0 Å². The molecular formula is C16H18N4O3S2. The number of amides is 2. The number of piperidine rings is 1. The summed E-state index contributed by atoms with van der Waals surface area (Å²) in [5.74, 6) is -0.0680. The summed E-state index contributed by atoms with van der Waals surface area (Å²) in [5, 5.41) is 5.06. The number of nitrogens with zero attached hydrogens (tertiary/aromatic N) is 3. The standard InChI is InChI=1S/C16H18N4O3S2/c1-2-23-16(22)19-5-3-10(4-6-19)17-13(21)12-9-11-14(25-12)18-15-20(11)7-8-24-15/h7-10H,2-6H2,1H3,(H,17,21). The Balaban J connectivity index is 1.39. The fourth-order valence-electron chi connectivity index (χ4n) is 3.04. The number of imidazole rings is 1. The molecule has 0 radical (unpaired) electrons. The van der Waals surface area contributed by atoms with E-state index in [1.165, 1.54) is 11.3 Å². The van der Waals surface area contributed by atoms with Gasteiger partial charge in [-0.2, -0.15) is 0 Å². The molecule has 7 nitrogen and oxygen atoms in total. The first kappa shape index (κ1) is 16.3. The van der Waals surface area contributed by atoms with Gasteiger partial charge >= 0.3 is 6.09 Å². The number of hydrogen-bond acceptors (Lipinski definition) is 6. The van der Waals surface area contributed by atoms with Gasteiger partial charge in [0.15, 0.2) is 4.96 Å². The first-order valence-corrected chi connectivity index (χ1v) is 9.93. The monoisotopic (exact) mass is 378 g/mol. The van der Waals surface area contributed by atoms with Crippen LogP contribution in [0.1, 0.15) is 29.4 Å². The molecule has 1 aliphatic heterocycles. The van der Waals surface area contributed by atoms with Crippen LogP contribution in [0.3, 0.4) is 0 Å². The minimum Gasteiger partial charge on any atom is -0.450 e. The number of fused-ring (bicyclic) bond motifs is 3. The third-order valence-electron chi connectivity index (χ3n) is 4.32. The fourth-order valence-corrected chi connectivity index (χ4v) is 4.74. The minimum absolute atomic E-state index is 0.0680. The van der Waals surface area contributed by atoms with Gasteiger partial charge in [0.05, 0.1) is 17.0 Å². The Morgan fingerprint density at radius 2 is 2.20 bits per heavy atom. The number of rotatable bonds is 3. The molecule has 0 atom stereocenters. The average Bonchev–Trinajstić information content (AvgIpc) is 3.27. The van der Waals surface area contributed by atoms with Gasteiger partial charge in [-0.25, -0.2) is 9.78 Å². The smallest absolute Gasteiger partial charge is 0.409 e. The third kappa shape index (κ3) is 3.09. The largest absolute Gasteiger partial charge is 0.450 e. The van der Waals surface area contributed by atoms with Gasteiger partial charge in [0, 0.05) is 30.7 Å². The first-order valence-electron chi connectivity index (χ1n) is 8.23. The molecule has 0 aliphatic carbocycles. The maximum Gasteiger partial charge on any atom is 0.409 e. The van der Waals surface area contributed by atoms with Crippen LogP contribution in [0.5, 0.6) is 0 Å². The maximum absolute atomic E-state index is 12.5. The van der Waals surface area contributed by atoms with E-state index >= 15 is 0 Å². The molecular weight excluding hydrogens is 360 g/mol. The zero-order chi connectivity index (χ0) is 17.4. The Bertz CT molecular complexity index is 920. The number of carbonyl (C=O) groups excluding carboxylic acids is 2. The summed E-state index contributed by atoms with van der Waals surface area (Å²) in [6.07, 6.45) is 3.18. The molecule has 9 heteroatoms. The van der Waals surface area contributed by atoms with Gasteiger partial charge in [-0.1, -0.05) is 0 Å². The fraction of sp³-hybridized carbons (Fsp3) is 0.438. The Labute approximate surface area is 152 Å². The summed E-state index contributed by atoms with van der Waals surface area (Å²) in [4.78, 5) is 33.0. The highest BCUT2D eigenvalue weighted by atomic mass is 32.1. The normalized spacial score (nSPS) is 15.8. The van der Waals surface area contributed by atoms with Gasteiger partial charge in [-0.05, 0) is 25.8 Å². The van der Waals surface area contributed by atoms with Crippen molar-refractivity contribution in [3.8, 4) is 0 Å². The highest BCUT2D eigenvalue weighted by Crippen LogP contribution is 2.28. The Morgan fingerprint density at radius 1 is 1.40 bits per heavy atom. The topological polar surface area (TPSA) is 75.9 Å². The molecule has 0 unspecified atom stereocenters. The van der Waals surface area contributed by atoms with E-state index in [1.54, 1.807) is 23.2 Å². The lowest BCUT2D eigenvalue weighted by Crippen LogP contribution is -2.46. The van der Waals surface area contributed by atoms with Crippen LogP contribution in [0.25, 0.3) is 15.3 Å². The molecule has 132 valence electrons. The molecule has 0 spiro atoms. The molecule has 1 aliphatic rings. The van der Waals surface area contributed by atoms with Crippen LogP contribution in [0.2, 0.25) is 0 Å². The van der Waals surface area contributed by atoms with E-state index in [-0.39, 0.29) is 18.0 Å². The molecule has 25 heavy (non-hydrogen) atoms. The van der Waals surface area contributed by atoms with E-state index in [9.17, 15) is 9.59 Å². The summed E-state index contributed by atoms with van der Waals surface area (Å²) in [5.41, 5.74) is 0.975. The van der Waals surface area contributed by atoms with Crippen LogP contribution in [0.4, 0.5) is 4.79 Å². The predicted molar refractivity (Wildman–Crippen MR) is 97.5 cm³/mol. The van der Waals surface area contributed by atoms with E-state index in [0.29, 0.717) is 24.6 Å². The molecule has 4 heterocycles. The van der Waals surface area contributed by atoms with Gasteiger partial charge in [0.1, 0.15) is 4.83 Å². The summed E-state index contributed by atoms with van der Waals surface area (Å²) >= 11 is 3.00. The van der Waals surface area contributed by atoms with Crippen molar-refractivity contribution in [2.45, 2.75) is 25.8 Å². The lowest BCUT2D eigenvalue weighted by Gasteiger charge is -2.31. The van der Waals surface area contributed by atoms with Gasteiger partial charge in [-0.3, -0.25) is 9.20 Å². The van der Waals surface area contributed by atoms with Crippen molar-refractivity contribution in [1.82, 2.24) is 19.6 Å². The Hall–Kier alpha value is -2.13. The summed E-state index contributed by atoms with van der Waals surface area (Å²) in [6, 6.07) is 1.98. The summed E-state index contributed by atoms with van der Waals surface area (Å²) < 4.78 is 7.02.